The molecule has 6 heteroatoms. The number of carboxylic acid groups (broad SMARTS) is 1. The fraction of sp³-hybridized carbons (Fsp3) is 0. The van der Waals surface area contributed by atoms with Gasteiger partial charge in [0.05, 0.1) is 11.3 Å². The number of anilines is 2. The maximum Gasteiger partial charge on any atom is 0.335 e. The predicted octanol–water partition coefficient (Wildman–Crippen LogP) is 3.65. The van der Waals surface area contributed by atoms with Gasteiger partial charge in [-0.05, 0) is 30.3 Å². The Hall–Kier alpha value is -2.73. The Bertz CT molecular complexity index is 771. The average molecular weight is 297 g/mol. The highest BCUT2D eigenvalue weighted by atomic mass is 32.1. The number of aromatic nitrogens is 2. The number of nitrogens with zero attached hydrogens (tertiary/aromatic N) is 2. The van der Waals surface area contributed by atoms with E-state index in [0.717, 1.165) is 11.3 Å². The van der Waals surface area contributed by atoms with E-state index in [1.807, 2.05) is 17.5 Å². The number of hydrogen-bond acceptors (Lipinski definition) is 5. The Morgan fingerprint density at radius 2 is 2.00 bits per heavy atom. The van der Waals surface area contributed by atoms with Crippen LogP contribution in [0.1, 0.15) is 10.4 Å². The zero-order valence-electron chi connectivity index (χ0n) is 10.9. The summed E-state index contributed by atoms with van der Waals surface area (Å²) >= 11 is 1.46. The van der Waals surface area contributed by atoms with Gasteiger partial charge in [0, 0.05) is 29.0 Å². The third kappa shape index (κ3) is 3.06. The fourth-order valence-corrected chi connectivity index (χ4v) is 2.58. The normalized spacial score (nSPS) is 10.3. The Labute approximate surface area is 124 Å². The molecule has 0 unspecified atom stereocenters. The number of benzene rings is 1. The third-order valence-corrected chi connectivity index (χ3v) is 3.60. The van der Waals surface area contributed by atoms with Crippen LogP contribution in [0.2, 0.25) is 0 Å². The topological polar surface area (TPSA) is 75.1 Å². The summed E-state index contributed by atoms with van der Waals surface area (Å²) < 4.78 is 0. The van der Waals surface area contributed by atoms with E-state index >= 15 is 0 Å². The van der Waals surface area contributed by atoms with Crippen molar-refractivity contribution < 1.29 is 9.90 Å². The SMILES string of the molecule is O=C(O)c1cccc(Nc2nc(-c3ccncc3)cs2)c1. The van der Waals surface area contributed by atoms with E-state index in [0.29, 0.717) is 10.8 Å². The number of pyridine rings is 1. The van der Waals surface area contributed by atoms with Crippen LogP contribution in [0.3, 0.4) is 0 Å². The Morgan fingerprint density at radius 3 is 2.76 bits per heavy atom. The van der Waals surface area contributed by atoms with Gasteiger partial charge >= 0.3 is 5.97 Å². The minimum absolute atomic E-state index is 0.242. The molecule has 2 N–H and O–H groups in total. The second-order valence-corrected chi connectivity index (χ2v) is 5.14. The van der Waals surface area contributed by atoms with E-state index in [1.54, 1.807) is 36.7 Å². The molecule has 3 rings (SSSR count). The number of aromatic carboxylic acids is 1. The molecule has 1 aromatic carbocycles. The van der Waals surface area contributed by atoms with Gasteiger partial charge in [-0.15, -0.1) is 11.3 Å². The van der Waals surface area contributed by atoms with Crippen LogP contribution in [-0.4, -0.2) is 21.0 Å². The van der Waals surface area contributed by atoms with E-state index in [9.17, 15) is 4.79 Å². The highest BCUT2D eigenvalue weighted by Crippen LogP contribution is 2.26. The highest BCUT2D eigenvalue weighted by molar-refractivity contribution is 7.14. The monoisotopic (exact) mass is 297 g/mol. The largest absolute Gasteiger partial charge is 0.478 e. The average Bonchev–Trinajstić information content (AvgIpc) is 2.97. The first-order valence-electron chi connectivity index (χ1n) is 6.19. The van der Waals surface area contributed by atoms with Crippen LogP contribution in [0.15, 0.2) is 54.2 Å². The van der Waals surface area contributed by atoms with Gasteiger partial charge in [-0.3, -0.25) is 4.98 Å². The first-order chi connectivity index (χ1) is 10.2. The molecule has 21 heavy (non-hydrogen) atoms. The van der Waals surface area contributed by atoms with E-state index in [1.165, 1.54) is 11.3 Å². The fourth-order valence-electron chi connectivity index (χ4n) is 1.84. The molecule has 0 radical (unpaired) electrons. The minimum Gasteiger partial charge on any atom is -0.478 e. The Balaban J connectivity index is 1.82. The number of thiazole rings is 1. The number of carbonyl (C=O) groups is 1. The van der Waals surface area contributed by atoms with Crippen molar-refractivity contribution in [2.24, 2.45) is 0 Å². The summed E-state index contributed by atoms with van der Waals surface area (Å²) in [4.78, 5) is 19.4. The van der Waals surface area contributed by atoms with Crippen molar-refractivity contribution in [1.29, 1.82) is 0 Å². The van der Waals surface area contributed by atoms with E-state index in [-0.39, 0.29) is 5.56 Å². The molecule has 5 nitrogen and oxygen atoms in total. The molecule has 0 aliphatic carbocycles. The van der Waals surface area contributed by atoms with E-state index in [2.05, 4.69) is 15.3 Å². The molecule has 0 amide bonds. The maximum atomic E-state index is 10.9. The first-order valence-corrected chi connectivity index (χ1v) is 7.06. The zero-order valence-corrected chi connectivity index (χ0v) is 11.7. The maximum absolute atomic E-state index is 10.9. The molecule has 2 aromatic heterocycles. The molecule has 2 heterocycles. The lowest BCUT2D eigenvalue weighted by Gasteiger charge is -2.03. The molecule has 104 valence electrons. The van der Waals surface area contributed by atoms with Gasteiger partial charge in [0.25, 0.3) is 0 Å². The second-order valence-electron chi connectivity index (χ2n) is 4.28. The summed E-state index contributed by atoms with van der Waals surface area (Å²) in [5.74, 6) is -0.949. The smallest absolute Gasteiger partial charge is 0.335 e. The van der Waals surface area contributed by atoms with Gasteiger partial charge in [-0.1, -0.05) is 6.07 Å². The summed E-state index contributed by atoms with van der Waals surface area (Å²) in [6.07, 6.45) is 3.44. The van der Waals surface area contributed by atoms with Crippen molar-refractivity contribution in [3.8, 4) is 11.3 Å². The number of nitrogens with one attached hydrogen (secondary N) is 1. The van der Waals surface area contributed by atoms with Crippen molar-refractivity contribution >= 4 is 28.1 Å². The molecule has 0 saturated carbocycles. The summed E-state index contributed by atoms with van der Waals surface area (Å²) in [5.41, 5.74) is 2.80. The standard InChI is InChI=1S/C15H11N3O2S/c19-14(20)11-2-1-3-12(8-11)17-15-18-13(9-21-15)10-4-6-16-7-5-10/h1-9H,(H,17,18)(H,19,20). The van der Waals surface area contributed by atoms with Gasteiger partial charge in [0.15, 0.2) is 5.13 Å². The highest BCUT2D eigenvalue weighted by Gasteiger charge is 2.06. The molecule has 0 fully saturated rings. The lowest BCUT2D eigenvalue weighted by molar-refractivity contribution is 0.0697. The van der Waals surface area contributed by atoms with E-state index < -0.39 is 5.97 Å². The first kappa shape index (κ1) is 13.3. The molecular formula is C15H11N3O2S. The predicted molar refractivity (Wildman–Crippen MR) is 82.0 cm³/mol. The molecule has 0 aliphatic heterocycles. The van der Waals surface area contributed by atoms with Gasteiger partial charge in [-0.25, -0.2) is 9.78 Å². The Morgan fingerprint density at radius 1 is 1.19 bits per heavy atom. The summed E-state index contributed by atoms with van der Waals surface area (Å²) in [6, 6.07) is 10.4. The van der Waals surface area contributed by atoms with Gasteiger partial charge in [0.2, 0.25) is 0 Å². The van der Waals surface area contributed by atoms with Crippen molar-refractivity contribution in [3.05, 3.63) is 59.7 Å². The summed E-state index contributed by atoms with van der Waals surface area (Å²) in [6.45, 7) is 0. The third-order valence-electron chi connectivity index (χ3n) is 2.84. The molecule has 0 atom stereocenters. The lowest BCUT2D eigenvalue weighted by atomic mass is 10.2. The quantitative estimate of drug-likeness (QED) is 0.769. The molecule has 0 spiro atoms. The van der Waals surface area contributed by atoms with Crippen LogP contribution < -0.4 is 5.32 Å². The minimum atomic E-state index is -0.949. The summed E-state index contributed by atoms with van der Waals surface area (Å²) in [7, 11) is 0. The van der Waals surface area contributed by atoms with E-state index in [4.69, 9.17) is 5.11 Å². The number of carboxylic acids is 1. The van der Waals surface area contributed by atoms with Crippen molar-refractivity contribution in [3.63, 3.8) is 0 Å². The van der Waals surface area contributed by atoms with Gasteiger partial charge < -0.3 is 10.4 Å². The number of rotatable bonds is 4. The van der Waals surface area contributed by atoms with Crippen LogP contribution in [0.4, 0.5) is 10.8 Å². The molecule has 0 aliphatic rings. The van der Waals surface area contributed by atoms with Crippen molar-refractivity contribution in [2.45, 2.75) is 0 Å². The molecule has 0 saturated heterocycles. The van der Waals surface area contributed by atoms with Crippen LogP contribution >= 0.6 is 11.3 Å². The van der Waals surface area contributed by atoms with Crippen LogP contribution in [-0.2, 0) is 0 Å². The number of hydrogen-bond donors (Lipinski definition) is 2. The Kier molecular flexibility index (Phi) is 3.61. The molecular weight excluding hydrogens is 286 g/mol. The second kappa shape index (κ2) is 5.72. The summed E-state index contributed by atoms with van der Waals surface area (Å²) in [5, 5.41) is 14.8. The van der Waals surface area contributed by atoms with Crippen molar-refractivity contribution in [1.82, 2.24) is 9.97 Å². The lowest BCUT2D eigenvalue weighted by Crippen LogP contribution is -1.97. The van der Waals surface area contributed by atoms with Crippen molar-refractivity contribution in [2.75, 3.05) is 5.32 Å². The van der Waals surface area contributed by atoms with Crippen LogP contribution in [0, 0.1) is 0 Å². The molecule has 0 bridgehead atoms. The van der Waals surface area contributed by atoms with Crippen LogP contribution in [0.25, 0.3) is 11.3 Å². The molecule has 3 aromatic rings. The van der Waals surface area contributed by atoms with Crippen LogP contribution in [0.5, 0.6) is 0 Å². The van der Waals surface area contributed by atoms with Gasteiger partial charge in [0.1, 0.15) is 0 Å². The van der Waals surface area contributed by atoms with Gasteiger partial charge in [-0.2, -0.15) is 0 Å². The zero-order chi connectivity index (χ0) is 14.7.